The SMILES string of the molecule is C=CCc1ccccc1OCCn1c(CN(C)C(=O)c2ccncc2)nc2ccccc21. The van der Waals surface area contributed by atoms with Crippen LogP contribution in [0.15, 0.2) is 85.7 Å². The van der Waals surface area contributed by atoms with Crippen LogP contribution in [0.4, 0.5) is 0 Å². The zero-order valence-electron chi connectivity index (χ0n) is 18.1. The highest BCUT2D eigenvalue weighted by Gasteiger charge is 2.17. The Hall–Kier alpha value is -3.93. The average Bonchev–Trinajstić information content (AvgIpc) is 3.17. The number of aromatic nitrogens is 3. The molecule has 0 saturated heterocycles. The molecule has 0 atom stereocenters. The summed E-state index contributed by atoms with van der Waals surface area (Å²) in [6.07, 6.45) is 5.88. The molecule has 32 heavy (non-hydrogen) atoms. The molecule has 2 aromatic carbocycles. The van der Waals surface area contributed by atoms with Gasteiger partial charge in [0.25, 0.3) is 5.91 Å². The van der Waals surface area contributed by atoms with Gasteiger partial charge in [0.1, 0.15) is 18.2 Å². The molecule has 0 aliphatic carbocycles. The highest BCUT2D eigenvalue weighted by molar-refractivity contribution is 5.93. The van der Waals surface area contributed by atoms with Gasteiger partial charge in [-0.3, -0.25) is 9.78 Å². The molecule has 162 valence electrons. The Bertz CT molecular complexity index is 1220. The fraction of sp³-hybridized carbons (Fsp3) is 0.192. The molecule has 0 bridgehead atoms. The molecule has 4 aromatic rings. The van der Waals surface area contributed by atoms with Crippen LogP contribution < -0.4 is 4.74 Å². The second kappa shape index (κ2) is 9.92. The van der Waals surface area contributed by atoms with Crippen LogP contribution in [0.2, 0.25) is 0 Å². The fourth-order valence-electron chi connectivity index (χ4n) is 3.71. The third-order valence-corrected chi connectivity index (χ3v) is 5.30. The van der Waals surface area contributed by atoms with Crippen molar-refractivity contribution in [2.75, 3.05) is 13.7 Å². The van der Waals surface area contributed by atoms with Crippen molar-refractivity contribution in [2.45, 2.75) is 19.5 Å². The van der Waals surface area contributed by atoms with Crippen LogP contribution in [0, 0.1) is 0 Å². The molecular formula is C26H26N4O2. The highest BCUT2D eigenvalue weighted by Crippen LogP contribution is 2.21. The maximum absolute atomic E-state index is 12.8. The minimum absolute atomic E-state index is 0.0689. The first-order valence-electron chi connectivity index (χ1n) is 10.6. The molecule has 6 heteroatoms. The summed E-state index contributed by atoms with van der Waals surface area (Å²) in [4.78, 5) is 23.2. The van der Waals surface area contributed by atoms with Gasteiger partial charge in [-0.1, -0.05) is 36.4 Å². The summed E-state index contributed by atoms with van der Waals surface area (Å²) in [5.41, 5.74) is 3.64. The van der Waals surface area contributed by atoms with Crippen LogP contribution in [0.3, 0.4) is 0 Å². The Morgan fingerprint density at radius 1 is 1.09 bits per heavy atom. The Morgan fingerprint density at radius 2 is 1.84 bits per heavy atom. The highest BCUT2D eigenvalue weighted by atomic mass is 16.5. The van der Waals surface area contributed by atoms with Gasteiger partial charge in [-0.2, -0.15) is 0 Å². The number of imidazole rings is 1. The fourth-order valence-corrected chi connectivity index (χ4v) is 3.71. The van der Waals surface area contributed by atoms with Gasteiger partial charge in [-0.15, -0.1) is 6.58 Å². The molecule has 4 rings (SSSR count). The lowest BCUT2D eigenvalue weighted by molar-refractivity contribution is 0.0780. The molecule has 1 amide bonds. The van der Waals surface area contributed by atoms with Crippen molar-refractivity contribution < 1.29 is 9.53 Å². The standard InChI is InChI=1S/C26H26N4O2/c1-3-8-20-9-4-7-12-24(20)32-18-17-30-23-11-6-5-10-22(23)28-25(30)19-29(2)26(31)21-13-15-27-16-14-21/h3-7,9-16H,1,8,17-19H2,2H3. The summed E-state index contributed by atoms with van der Waals surface area (Å²) in [6.45, 7) is 5.33. The van der Waals surface area contributed by atoms with Gasteiger partial charge in [0.2, 0.25) is 0 Å². The van der Waals surface area contributed by atoms with E-state index in [-0.39, 0.29) is 5.91 Å². The predicted molar refractivity (Wildman–Crippen MR) is 126 cm³/mol. The number of carbonyl (C=O) groups excluding carboxylic acids is 1. The smallest absolute Gasteiger partial charge is 0.254 e. The zero-order valence-corrected chi connectivity index (χ0v) is 18.1. The normalized spacial score (nSPS) is 10.8. The zero-order chi connectivity index (χ0) is 22.3. The van der Waals surface area contributed by atoms with Crippen LogP contribution in [0.25, 0.3) is 11.0 Å². The van der Waals surface area contributed by atoms with Gasteiger partial charge in [-0.05, 0) is 42.3 Å². The number of para-hydroxylation sites is 3. The number of carbonyl (C=O) groups is 1. The second-order valence-electron chi connectivity index (χ2n) is 7.51. The number of nitrogens with zero attached hydrogens (tertiary/aromatic N) is 4. The molecule has 6 nitrogen and oxygen atoms in total. The lowest BCUT2D eigenvalue weighted by Gasteiger charge is -2.18. The van der Waals surface area contributed by atoms with E-state index in [1.54, 1.807) is 36.5 Å². The van der Waals surface area contributed by atoms with Crippen molar-refractivity contribution in [3.63, 3.8) is 0 Å². The van der Waals surface area contributed by atoms with E-state index < -0.39 is 0 Å². The first-order chi connectivity index (χ1) is 15.7. The van der Waals surface area contributed by atoms with Gasteiger partial charge < -0.3 is 14.2 Å². The van der Waals surface area contributed by atoms with Crippen LogP contribution in [0.1, 0.15) is 21.7 Å². The van der Waals surface area contributed by atoms with Gasteiger partial charge in [-0.25, -0.2) is 4.98 Å². The Labute approximate surface area is 187 Å². The first-order valence-corrected chi connectivity index (χ1v) is 10.6. The van der Waals surface area contributed by atoms with Crippen LogP contribution in [0.5, 0.6) is 5.75 Å². The molecule has 2 aromatic heterocycles. The van der Waals surface area contributed by atoms with E-state index >= 15 is 0 Å². The van der Waals surface area contributed by atoms with Crippen molar-refractivity contribution >= 4 is 16.9 Å². The molecule has 0 N–H and O–H groups in total. The Balaban J connectivity index is 1.53. The third-order valence-electron chi connectivity index (χ3n) is 5.30. The number of amides is 1. The summed E-state index contributed by atoms with van der Waals surface area (Å²) in [6, 6.07) is 19.4. The topological polar surface area (TPSA) is 60.2 Å². The molecule has 2 heterocycles. The third kappa shape index (κ3) is 4.70. The number of hydrogen-bond donors (Lipinski definition) is 0. The molecule has 0 spiro atoms. The molecule has 0 radical (unpaired) electrons. The number of pyridine rings is 1. The Kier molecular flexibility index (Phi) is 6.60. The van der Waals surface area contributed by atoms with Gasteiger partial charge in [0, 0.05) is 25.0 Å². The maximum Gasteiger partial charge on any atom is 0.254 e. The van der Waals surface area contributed by atoms with Crippen molar-refractivity contribution in [1.82, 2.24) is 19.4 Å². The van der Waals surface area contributed by atoms with E-state index in [2.05, 4.69) is 22.2 Å². The minimum Gasteiger partial charge on any atom is -0.491 e. The van der Waals surface area contributed by atoms with Crippen molar-refractivity contribution in [1.29, 1.82) is 0 Å². The molecule has 0 saturated carbocycles. The summed E-state index contributed by atoms with van der Waals surface area (Å²) in [5, 5.41) is 0. The quantitative estimate of drug-likeness (QED) is 0.370. The number of benzene rings is 2. The first kappa shape index (κ1) is 21.3. The number of hydrogen-bond acceptors (Lipinski definition) is 4. The summed E-state index contributed by atoms with van der Waals surface area (Å²) in [5.74, 6) is 1.61. The van der Waals surface area contributed by atoms with Gasteiger partial charge in [0.15, 0.2) is 0 Å². The summed E-state index contributed by atoms with van der Waals surface area (Å²) in [7, 11) is 1.79. The van der Waals surface area contributed by atoms with Crippen LogP contribution >= 0.6 is 0 Å². The van der Waals surface area contributed by atoms with E-state index in [1.165, 1.54) is 0 Å². The monoisotopic (exact) mass is 426 g/mol. The van der Waals surface area contributed by atoms with E-state index in [9.17, 15) is 4.79 Å². The van der Waals surface area contributed by atoms with Crippen molar-refractivity contribution in [3.8, 4) is 5.75 Å². The van der Waals surface area contributed by atoms with Crippen molar-refractivity contribution in [3.05, 3.63) is 103 Å². The lowest BCUT2D eigenvalue weighted by Crippen LogP contribution is -2.28. The number of rotatable bonds is 9. The Morgan fingerprint density at radius 3 is 2.66 bits per heavy atom. The molecular weight excluding hydrogens is 400 g/mol. The molecule has 0 aliphatic heterocycles. The van der Waals surface area contributed by atoms with Gasteiger partial charge in [0.05, 0.1) is 24.1 Å². The number of ether oxygens (including phenoxy) is 1. The molecule has 0 fully saturated rings. The van der Waals surface area contributed by atoms with Crippen LogP contribution in [-0.4, -0.2) is 39.0 Å². The summed E-state index contributed by atoms with van der Waals surface area (Å²) < 4.78 is 8.23. The summed E-state index contributed by atoms with van der Waals surface area (Å²) >= 11 is 0. The predicted octanol–water partition coefficient (Wildman–Crippen LogP) is 4.51. The largest absolute Gasteiger partial charge is 0.491 e. The van der Waals surface area contributed by atoms with E-state index in [0.29, 0.717) is 25.3 Å². The minimum atomic E-state index is -0.0689. The second-order valence-corrected chi connectivity index (χ2v) is 7.51. The van der Waals surface area contributed by atoms with Crippen molar-refractivity contribution in [2.24, 2.45) is 0 Å². The van der Waals surface area contributed by atoms with E-state index in [4.69, 9.17) is 9.72 Å². The molecule has 0 aliphatic rings. The number of fused-ring (bicyclic) bond motifs is 1. The number of allylic oxidation sites excluding steroid dienone is 1. The molecule has 0 unspecified atom stereocenters. The van der Waals surface area contributed by atoms with E-state index in [1.807, 2.05) is 48.5 Å². The lowest BCUT2D eigenvalue weighted by atomic mass is 10.1. The van der Waals surface area contributed by atoms with E-state index in [0.717, 1.165) is 34.6 Å². The van der Waals surface area contributed by atoms with Crippen LogP contribution in [-0.2, 0) is 19.5 Å². The van der Waals surface area contributed by atoms with Gasteiger partial charge >= 0.3 is 0 Å². The maximum atomic E-state index is 12.8. The average molecular weight is 427 g/mol.